The molecule has 144 valence electrons. The maximum atomic E-state index is 14.3. The van der Waals surface area contributed by atoms with Crippen molar-refractivity contribution in [3.63, 3.8) is 0 Å². The second-order valence-corrected chi connectivity index (χ2v) is 6.30. The molecular formula is C19H19FN6O2. The molecule has 1 aliphatic rings. The minimum atomic E-state index is -0.567. The summed E-state index contributed by atoms with van der Waals surface area (Å²) in [4.78, 5) is 23.3. The number of rotatable bonds is 4. The molecule has 0 radical (unpaired) electrons. The Morgan fingerprint density at radius 2 is 1.89 bits per heavy atom. The van der Waals surface area contributed by atoms with Crippen LogP contribution in [-0.4, -0.2) is 45.7 Å². The quantitative estimate of drug-likeness (QED) is 0.636. The van der Waals surface area contributed by atoms with Crippen LogP contribution >= 0.6 is 0 Å². The van der Waals surface area contributed by atoms with Crippen LogP contribution in [0.15, 0.2) is 30.7 Å². The maximum Gasteiger partial charge on any atom is 0.221 e. The molecule has 0 aromatic carbocycles. The number of nitrogens with zero attached hydrogens (tertiary/aromatic N) is 6. The Morgan fingerprint density at radius 3 is 2.61 bits per heavy atom. The molecule has 1 atom stereocenters. The van der Waals surface area contributed by atoms with Crippen LogP contribution in [0.3, 0.4) is 0 Å². The van der Waals surface area contributed by atoms with E-state index in [-0.39, 0.29) is 0 Å². The normalized spacial score (nSPS) is 16.0. The third kappa shape index (κ3) is 3.13. The molecule has 1 unspecified atom stereocenters. The molecule has 0 saturated heterocycles. The molecular weight excluding hydrogens is 363 g/mol. The van der Waals surface area contributed by atoms with Crippen LogP contribution in [0.4, 0.5) is 10.2 Å². The summed E-state index contributed by atoms with van der Waals surface area (Å²) in [5.74, 6) is 1.24. The van der Waals surface area contributed by atoms with Crippen molar-refractivity contribution in [1.29, 1.82) is 0 Å². The first kappa shape index (κ1) is 18.2. The van der Waals surface area contributed by atoms with E-state index >= 15 is 0 Å². The number of anilines is 1. The largest absolute Gasteiger partial charge is 0.496 e. The summed E-state index contributed by atoms with van der Waals surface area (Å²) in [6, 6.07) is 3.45. The Hall–Kier alpha value is -3.20. The third-order valence-corrected chi connectivity index (χ3v) is 4.69. The van der Waals surface area contributed by atoms with Gasteiger partial charge < -0.3 is 14.4 Å². The standard InChI is InChI=1S/C19H19FN6O2/c1-11-14(27-2)9-15(25-16(11)20)26-8-5-13-12(19(26)28-3)10-23-18(24-13)17-21-6-4-7-22-17/h4,6-7,9-10,19H,5,8H2,1-3H3. The number of methoxy groups -OCH3 is 2. The first-order valence-corrected chi connectivity index (χ1v) is 8.76. The van der Waals surface area contributed by atoms with Gasteiger partial charge in [0.1, 0.15) is 11.6 Å². The smallest absolute Gasteiger partial charge is 0.221 e. The average molecular weight is 382 g/mol. The van der Waals surface area contributed by atoms with Gasteiger partial charge in [0.25, 0.3) is 0 Å². The van der Waals surface area contributed by atoms with Crippen molar-refractivity contribution < 1.29 is 13.9 Å². The van der Waals surface area contributed by atoms with Crippen molar-refractivity contribution in [2.75, 3.05) is 25.7 Å². The van der Waals surface area contributed by atoms with Crippen LogP contribution in [0.5, 0.6) is 5.75 Å². The van der Waals surface area contributed by atoms with Crippen molar-refractivity contribution in [1.82, 2.24) is 24.9 Å². The van der Waals surface area contributed by atoms with E-state index in [2.05, 4.69) is 24.9 Å². The fraction of sp³-hybridized carbons (Fsp3) is 0.316. The number of pyridine rings is 1. The fourth-order valence-electron chi connectivity index (χ4n) is 3.26. The molecule has 0 aliphatic carbocycles. The first-order chi connectivity index (χ1) is 13.6. The molecule has 4 heterocycles. The van der Waals surface area contributed by atoms with Crippen molar-refractivity contribution in [2.45, 2.75) is 19.6 Å². The molecule has 9 heteroatoms. The first-order valence-electron chi connectivity index (χ1n) is 8.76. The lowest BCUT2D eigenvalue weighted by atomic mass is 10.0. The van der Waals surface area contributed by atoms with Gasteiger partial charge in [-0.3, -0.25) is 0 Å². The zero-order valence-electron chi connectivity index (χ0n) is 15.8. The molecule has 1 aliphatic heterocycles. The SMILES string of the molecule is COc1cc(N2CCc3nc(-c4ncccn4)ncc3C2OC)nc(F)c1C. The van der Waals surface area contributed by atoms with Crippen LogP contribution in [-0.2, 0) is 11.2 Å². The Morgan fingerprint density at radius 1 is 1.11 bits per heavy atom. The van der Waals surface area contributed by atoms with E-state index in [1.807, 2.05) is 4.90 Å². The molecule has 0 bridgehead atoms. The van der Waals surface area contributed by atoms with Crippen LogP contribution in [0.25, 0.3) is 11.6 Å². The zero-order valence-corrected chi connectivity index (χ0v) is 15.8. The Bertz CT molecular complexity index is 1000. The van der Waals surface area contributed by atoms with Crippen molar-refractivity contribution in [3.8, 4) is 17.4 Å². The van der Waals surface area contributed by atoms with Crippen molar-refractivity contribution in [3.05, 3.63) is 53.5 Å². The van der Waals surface area contributed by atoms with E-state index in [0.717, 1.165) is 11.3 Å². The number of halogens is 1. The minimum absolute atomic E-state index is 0.369. The number of aromatic nitrogens is 5. The summed E-state index contributed by atoms with van der Waals surface area (Å²) >= 11 is 0. The molecule has 0 N–H and O–H groups in total. The highest BCUT2D eigenvalue weighted by Crippen LogP contribution is 2.35. The van der Waals surface area contributed by atoms with Crippen LogP contribution in [0, 0.1) is 12.9 Å². The van der Waals surface area contributed by atoms with Crippen molar-refractivity contribution >= 4 is 5.82 Å². The minimum Gasteiger partial charge on any atom is -0.496 e. The summed E-state index contributed by atoms with van der Waals surface area (Å²) in [6.45, 7) is 2.18. The molecule has 0 spiro atoms. The van der Waals surface area contributed by atoms with Gasteiger partial charge in [-0.15, -0.1) is 0 Å². The van der Waals surface area contributed by atoms with Gasteiger partial charge in [-0.2, -0.15) is 4.39 Å². The number of hydrogen-bond donors (Lipinski definition) is 0. The summed E-state index contributed by atoms with van der Waals surface area (Å²) in [5, 5.41) is 0. The topological polar surface area (TPSA) is 86.2 Å². The van der Waals surface area contributed by atoms with Gasteiger partial charge in [0, 0.05) is 55.9 Å². The zero-order chi connectivity index (χ0) is 19.7. The predicted octanol–water partition coefficient (Wildman–Crippen LogP) is 2.49. The maximum absolute atomic E-state index is 14.3. The highest BCUT2D eigenvalue weighted by atomic mass is 19.1. The highest BCUT2D eigenvalue weighted by molar-refractivity contribution is 5.51. The van der Waals surface area contributed by atoms with Gasteiger partial charge in [0.2, 0.25) is 5.95 Å². The van der Waals surface area contributed by atoms with Gasteiger partial charge in [-0.25, -0.2) is 24.9 Å². The number of ether oxygens (including phenoxy) is 2. The fourth-order valence-corrected chi connectivity index (χ4v) is 3.26. The third-order valence-electron chi connectivity index (χ3n) is 4.69. The van der Waals surface area contributed by atoms with E-state index in [9.17, 15) is 4.39 Å². The second kappa shape index (κ2) is 7.43. The molecule has 3 aromatic heterocycles. The monoisotopic (exact) mass is 382 g/mol. The molecule has 4 rings (SSSR count). The van der Waals surface area contributed by atoms with Gasteiger partial charge in [-0.05, 0) is 13.0 Å². The van der Waals surface area contributed by atoms with Gasteiger partial charge in [0.05, 0.1) is 12.8 Å². The van der Waals surface area contributed by atoms with Gasteiger partial charge in [-0.1, -0.05) is 0 Å². The Balaban J connectivity index is 1.71. The molecule has 3 aromatic rings. The molecule has 0 fully saturated rings. The second-order valence-electron chi connectivity index (χ2n) is 6.30. The lowest BCUT2D eigenvalue weighted by molar-refractivity contribution is 0.0925. The number of hydrogen-bond acceptors (Lipinski definition) is 8. The summed E-state index contributed by atoms with van der Waals surface area (Å²) in [5.41, 5.74) is 2.02. The molecule has 28 heavy (non-hydrogen) atoms. The van der Waals surface area contributed by atoms with Gasteiger partial charge >= 0.3 is 0 Å². The lowest BCUT2D eigenvalue weighted by Crippen LogP contribution is -2.38. The van der Waals surface area contributed by atoms with E-state index in [1.54, 1.807) is 44.8 Å². The van der Waals surface area contributed by atoms with E-state index in [1.165, 1.54) is 7.11 Å². The summed E-state index contributed by atoms with van der Waals surface area (Å²) in [6.07, 6.45) is 5.13. The Kier molecular flexibility index (Phi) is 4.82. The number of fused-ring (bicyclic) bond motifs is 1. The van der Waals surface area contributed by atoms with Crippen LogP contribution in [0.1, 0.15) is 23.0 Å². The van der Waals surface area contributed by atoms with E-state index in [4.69, 9.17) is 9.47 Å². The Labute approximate surface area is 161 Å². The molecule has 8 nitrogen and oxygen atoms in total. The van der Waals surface area contributed by atoms with E-state index < -0.39 is 12.2 Å². The molecule has 0 saturated carbocycles. The average Bonchev–Trinajstić information content (AvgIpc) is 2.75. The lowest BCUT2D eigenvalue weighted by Gasteiger charge is -2.36. The highest BCUT2D eigenvalue weighted by Gasteiger charge is 2.31. The van der Waals surface area contributed by atoms with Crippen molar-refractivity contribution in [2.24, 2.45) is 0 Å². The van der Waals surface area contributed by atoms with Crippen LogP contribution in [0.2, 0.25) is 0 Å². The van der Waals surface area contributed by atoms with Gasteiger partial charge in [0.15, 0.2) is 17.9 Å². The predicted molar refractivity (Wildman–Crippen MR) is 99.3 cm³/mol. The molecule has 0 amide bonds. The summed E-state index contributed by atoms with van der Waals surface area (Å²) in [7, 11) is 3.09. The van der Waals surface area contributed by atoms with E-state index in [0.29, 0.717) is 41.7 Å². The van der Waals surface area contributed by atoms with Crippen LogP contribution < -0.4 is 9.64 Å². The summed E-state index contributed by atoms with van der Waals surface area (Å²) < 4.78 is 25.2.